The molecule has 1 amide bonds. The predicted molar refractivity (Wildman–Crippen MR) is 95.4 cm³/mol. The van der Waals surface area contributed by atoms with Gasteiger partial charge in [0.05, 0.1) is 23.4 Å². The van der Waals surface area contributed by atoms with Crippen LogP contribution in [0.1, 0.15) is 11.1 Å². The third kappa shape index (κ3) is 4.27. The molecule has 1 aliphatic rings. The van der Waals surface area contributed by atoms with Gasteiger partial charge in [0, 0.05) is 30.1 Å². The number of carbonyl (C=O) groups is 1. The molecule has 0 saturated carbocycles. The van der Waals surface area contributed by atoms with E-state index in [1.54, 1.807) is 36.8 Å². The van der Waals surface area contributed by atoms with Crippen LogP contribution in [0.3, 0.4) is 0 Å². The molecule has 1 saturated heterocycles. The number of nitro benzene ring substituents is 1. The average Bonchev–Trinajstić information content (AvgIpc) is 2.97. The van der Waals surface area contributed by atoms with Gasteiger partial charge in [0.2, 0.25) is 5.91 Å². The molecule has 3 rings (SSSR count). The summed E-state index contributed by atoms with van der Waals surface area (Å²) in [6.07, 6.45) is 4.89. The highest BCUT2D eigenvalue weighted by Gasteiger charge is 2.28. The molecule has 0 unspecified atom stereocenters. The van der Waals surface area contributed by atoms with Crippen molar-refractivity contribution in [3.8, 4) is 0 Å². The standard InChI is InChI=1S/C16H13N5O3S/c22-15-11-25-16(19-18-9-13-2-1-7-17-8-13)20(15)10-12-3-5-14(6-4-12)21(23)24/h1-9H,10-11H2/b18-9+,19-16-. The fourth-order valence-corrected chi connectivity index (χ4v) is 2.97. The van der Waals surface area contributed by atoms with Crippen LogP contribution in [0, 0.1) is 10.1 Å². The minimum atomic E-state index is -0.458. The highest BCUT2D eigenvalue weighted by molar-refractivity contribution is 8.15. The first-order chi connectivity index (χ1) is 12.1. The molecule has 0 bridgehead atoms. The largest absolute Gasteiger partial charge is 0.285 e. The Hall–Kier alpha value is -3.07. The summed E-state index contributed by atoms with van der Waals surface area (Å²) >= 11 is 1.31. The number of non-ortho nitro benzene ring substituents is 1. The zero-order chi connectivity index (χ0) is 17.6. The van der Waals surface area contributed by atoms with E-state index in [1.807, 2.05) is 6.07 Å². The summed E-state index contributed by atoms with van der Waals surface area (Å²) in [5.41, 5.74) is 1.61. The van der Waals surface area contributed by atoms with Gasteiger partial charge in [-0.3, -0.25) is 24.8 Å². The van der Waals surface area contributed by atoms with Crippen LogP contribution < -0.4 is 0 Å². The summed E-state index contributed by atoms with van der Waals surface area (Å²) < 4.78 is 0. The molecule has 0 radical (unpaired) electrons. The minimum Gasteiger partial charge on any atom is -0.285 e. The van der Waals surface area contributed by atoms with Crippen LogP contribution in [0.15, 0.2) is 59.0 Å². The molecule has 8 nitrogen and oxygen atoms in total. The number of nitro groups is 1. The second kappa shape index (κ2) is 7.67. The van der Waals surface area contributed by atoms with Crippen LogP contribution in [0.2, 0.25) is 0 Å². The minimum absolute atomic E-state index is 0.0147. The first-order valence-corrected chi connectivity index (χ1v) is 8.29. The van der Waals surface area contributed by atoms with E-state index >= 15 is 0 Å². The van der Waals surface area contributed by atoms with Gasteiger partial charge in [0.1, 0.15) is 0 Å². The molecule has 2 aromatic rings. The van der Waals surface area contributed by atoms with E-state index < -0.39 is 4.92 Å². The maximum atomic E-state index is 12.1. The Morgan fingerprint density at radius 2 is 2.12 bits per heavy atom. The fourth-order valence-electron chi connectivity index (χ4n) is 2.13. The van der Waals surface area contributed by atoms with Crippen molar-refractivity contribution in [3.63, 3.8) is 0 Å². The second-order valence-corrected chi connectivity index (χ2v) is 6.05. The van der Waals surface area contributed by atoms with Gasteiger partial charge in [-0.05, 0) is 11.6 Å². The number of thioether (sulfide) groups is 1. The van der Waals surface area contributed by atoms with E-state index in [2.05, 4.69) is 15.2 Å². The quantitative estimate of drug-likeness (QED) is 0.466. The average molecular weight is 355 g/mol. The lowest BCUT2D eigenvalue weighted by molar-refractivity contribution is -0.384. The number of pyridine rings is 1. The van der Waals surface area contributed by atoms with Crippen LogP contribution >= 0.6 is 11.8 Å². The van der Waals surface area contributed by atoms with Gasteiger partial charge < -0.3 is 0 Å². The van der Waals surface area contributed by atoms with Crippen LogP contribution in [0.25, 0.3) is 0 Å². The lowest BCUT2D eigenvalue weighted by atomic mass is 10.2. The van der Waals surface area contributed by atoms with E-state index in [-0.39, 0.29) is 11.6 Å². The number of amidine groups is 1. The monoisotopic (exact) mass is 355 g/mol. The van der Waals surface area contributed by atoms with Gasteiger partial charge in [-0.1, -0.05) is 30.0 Å². The Morgan fingerprint density at radius 1 is 1.32 bits per heavy atom. The third-order valence-electron chi connectivity index (χ3n) is 3.38. The van der Waals surface area contributed by atoms with Crippen LogP contribution in [-0.4, -0.2) is 37.8 Å². The summed E-state index contributed by atoms with van der Waals surface area (Å²) in [5.74, 6) is 0.229. The van der Waals surface area contributed by atoms with Crippen molar-refractivity contribution >= 4 is 34.7 Å². The van der Waals surface area contributed by atoms with Gasteiger partial charge in [-0.25, -0.2) is 0 Å². The molecule has 0 spiro atoms. The van der Waals surface area contributed by atoms with Gasteiger partial charge in [0.15, 0.2) is 5.17 Å². The summed E-state index contributed by atoms with van der Waals surface area (Å²) in [7, 11) is 0. The van der Waals surface area contributed by atoms with Crippen LogP contribution in [-0.2, 0) is 11.3 Å². The number of hydrogen-bond donors (Lipinski definition) is 0. The lowest BCUT2D eigenvalue weighted by Gasteiger charge is -2.14. The molecule has 126 valence electrons. The maximum Gasteiger partial charge on any atom is 0.269 e. The molecule has 1 aliphatic heterocycles. The molecule has 0 atom stereocenters. The Labute approximate surface area is 147 Å². The number of amides is 1. The number of benzene rings is 1. The van der Waals surface area contributed by atoms with Gasteiger partial charge >= 0.3 is 0 Å². The second-order valence-electron chi connectivity index (χ2n) is 5.11. The van der Waals surface area contributed by atoms with Crippen LogP contribution in [0.4, 0.5) is 5.69 Å². The molecular formula is C16H13N5O3S. The number of carbonyl (C=O) groups excluding carboxylic acids is 1. The first kappa shape index (κ1) is 16.8. The van der Waals surface area contributed by atoms with Crippen molar-refractivity contribution in [2.75, 3.05) is 5.75 Å². The van der Waals surface area contributed by atoms with E-state index in [4.69, 9.17) is 0 Å². The first-order valence-electron chi connectivity index (χ1n) is 7.31. The molecule has 25 heavy (non-hydrogen) atoms. The van der Waals surface area contributed by atoms with Gasteiger partial charge in [-0.15, -0.1) is 5.10 Å². The van der Waals surface area contributed by atoms with Gasteiger partial charge in [0.25, 0.3) is 5.69 Å². The topological polar surface area (TPSA) is 101 Å². The van der Waals surface area contributed by atoms with Crippen LogP contribution in [0.5, 0.6) is 0 Å². The van der Waals surface area contributed by atoms with E-state index in [9.17, 15) is 14.9 Å². The van der Waals surface area contributed by atoms with E-state index in [0.717, 1.165) is 11.1 Å². The number of aromatic nitrogens is 1. The predicted octanol–water partition coefficient (Wildman–Crippen LogP) is 2.46. The smallest absolute Gasteiger partial charge is 0.269 e. The molecular weight excluding hydrogens is 342 g/mol. The molecule has 0 N–H and O–H groups in total. The normalized spacial score (nSPS) is 16.1. The van der Waals surface area contributed by atoms with Crippen molar-refractivity contribution in [1.29, 1.82) is 0 Å². The maximum absolute atomic E-state index is 12.1. The SMILES string of the molecule is O=C1CS/C(=N\N=C\c2cccnc2)N1Cc1ccc([N+](=O)[O-])cc1. The molecule has 1 fully saturated rings. The molecule has 0 aliphatic carbocycles. The highest BCUT2D eigenvalue weighted by atomic mass is 32.2. The Balaban J connectivity index is 1.72. The number of nitrogens with zero attached hydrogens (tertiary/aromatic N) is 5. The Kier molecular flexibility index (Phi) is 5.14. The zero-order valence-electron chi connectivity index (χ0n) is 13.0. The zero-order valence-corrected chi connectivity index (χ0v) is 13.8. The fraction of sp³-hybridized carbons (Fsp3) is 0.125. The highest BCUT2D eigenvalue weighted by Crippen LogP contribution is 2.23. The number of hydrogen-bond acceptors (Lipinski definition) is 7. The van der Waals surface area contributed by atoms with Crippen molar-refractivity contribution in [2.45, 2.75) is 6.54 Å². The molecule has 9 heteroatoms. The molecule has 1 aromatic carbocycles. The third-order valence-corrected chi connectivity index (χ3v) is 4.33. The summed E-state index contributed by atoms with van der Waals surface area (Å²) in [4.78, 5) is 27.8. The van der Waals surface area contributed by atoms with E-state index in [0.29, 0.717) is 17.5 Å². The molecule has 2 heterocycles. The van der Waals surface area contributed by atoms with Crippen molar-refractivity contribution in [1.82, 2.24) is 9.88 Å². The Morgan fingerprint density at radius 3 is 2.80 bits per heavy atom. The van der Waals surface area contributed by atoms with Crippen molar-refractivity contribution in [2.24, 2.45) is 10.2 Å². The summed E-state index contributed by atoms with van der Waals surface area (Å²) in [6, 6.07) is 9.73. The number of rotatable bonds is 5. The summed E-state index contributed by atoms with van der Waals surface area (Å²) in [5, 5.41) is 19.3. The van der Waals surface area contributed by atoms with Crippen molar-refractivity contribution in [3.05, 3.63) is 70.0 Å². The lowest BCUT2D eigenvalue weighted by Crippen LogP contribution is -2.28. The van der Waals surface area contributed by atoms with Crippen molar-refractivity contribution < 1.29 is 9.72 Å². The van der Waals surface area contributed by atoms with E-state index in [1.165, 1.54) is 28.8 Å². The van der Waals surface area contributed by atoms with Gasteiger partial charge in [-0.2, -0.15) is 5.10 Å². The Bertz CT molecular complexity index is 837. The molecule has 1 aromatic heterocycles. The summed E-state index contributed by atoms with van der Waals surface area (Å²) in [6.45, 7) is 0.297.